The van der Waals surface area contributed by atoms with Gasteiger partial charge in [-0.2, -0.15) is 0 Å². The van der Waals surface area contributed by atoms with Crippen LogP contribution in [0.2, 0.25) is 15.8 Å². The average molecular weight is 144 g/mol. The molecule has 1 nitrogen and oxygen atoms in total. The van der Waals surface area contributed by atoms with Crippen molar-refractivity contribution in [1.29, 1.82) is 0 Å². The zero-order valence-corrected chi connectivity index (χ0v) is 7.71. The molecule has 0 saturated carbocycles. The second-order valence-corrected chi connectivity index (χ2v) is 6.49. The van der Waals surface area contributed by atoms with Gasteiger partial charge in [0.05, 0.1) is 0 Å². The SMILES string of the molecule is C[CH2][Al]([CH2]C)[CH2]CCO. The van der Waals surface area contributed by atoms with Gasteiger partial charge >= 0.3 is 0 Å². The molecule has 0 amide bonds. The molecule has 0 bridgehead atoms. The van der Waals surface area contributed by atoms with Crippen LogP contribution in [-0.4, -0.2) is 25.9 Å². The van der Waals surface area contributed by atoms with Crippen molar-refractivity contribution in [2.45, 2.75) is 36.1 Å². The lowest BCUT2D eigenvalue weighted by Crippen LogP contribution is -2.08. The molecule has 0 saturated heterocycles. The van der Waals surface area contributed by atoms with Gasteiger partial charge in [0.25, 0.3) is 14.1 Å². The van der Waals surface area contributed by atoms with Gasteiger partial charge in [0.15, 0.2) is 0 Å². The summed E-state index contributed by atoms with van der Waals surface area (Å²) in [5.41, 5.74) is 0. The Hall–Kier alpha value is 0.492. The Labute approximate surface area is 62.5 Å². The molecule has 0 atom stereocenters. The third-order valence-corrected chi connectivity index (χ3v) is 5.46. The first-order chi connectivity index (χ1) is 4.35. The molecule has 0 aliphatic carbocycles. The molecule has 1 N–H and O–H groups in total. The highest BCUT2D eigenvalue weighted by molar-refractivity contribution is 6.58. The molecule has 2 heteroatoms. The van der Waals surface area contributed by atoms with Gasteiger partial charge in [-0.3, -0.25) is 0 Å². The summed E-state index contributed by atoms with van der Waals surface area (Å²) in [7, 11) is 0. The lowest BCUT2D eigenvalue weighted by atomic mass is 10.5. The maximum absolute atomic E-state index is 8.53. The average Bonchev–Trinajstić information content (AvgIpc) is 1.91. The van der Waals surface area contributed by atoms with Crippen molar-refractivity contribution in [2.75, 3.05) is 6.61 Å². The number of aliphatic hydroxyl groups is 1. The Morgan fingerprint density at radius 2 is 1.78 bits per heavy atom. The topological polar surface area (TPSA) is 20.2 Å². The van der Waals surface area contributed by atoms with Crippen LogP contribution in [0.25, 0.3) is 0 Å². The quantitative estimate of drug-likeness (QED) is 0.584. The summed E-state index contributed by atoms with van der Waals surface area (Å²) in [6, 6.07) is 0. The van der Waals surface area contributed by atoms with Gasteiger partial charge in [-0.15, -0.1) is 0 Å². The van der Waals surface area contributed by atoms with E-state index in [-0.39, 0.29) is 14.1 Å². The summed E-state index contributed by atoms with van der Waals surface area (Å²) in [4.78, 5) is 0. The highest BCUT2D eigenvalue weighted by atomic mass is 27.2. The van der Waals surface area contributed by atoms with Gasteiger partial charge in [-0.25, -0.2) is 0 Å². The Morgan fingerprint density at radius 3 is 2.11 bits per heavy atom. The van der Waals surface area contributed by atoms with Gasteiger partial charge in [-0.05, 0) is 6.42 Å². The number of hydrogen-bond donors (Lipinski definition) is 1. The molecule has 0 radical (unpaired) electrons. The smallest absolute Gasteiger partial charge is 0.261 e. The molecule has 0 unspecified atom stereocenters. The fraction of sp³-hybridized carbons (Fsp3) is 1.00. The largest absolute Gasteiger partial charge is 0.396 e. The first-order valence-electron chi connectivity index (χ1n) is 3.96. The molecule has 0 fully saturated rings. The van der Waals surface area contributed by atoms with Crippen LogP contribution in [0.3, 0.4) is 0 Å². The first kappa shape index (κ1) is 9.49. The molecule has 0 aromatic rings. The zero-order chi connectivity index (χ0) is 7.11. The van der Waals surface area contributed by atoms with Crippen LogP contribution in [0, 0.1) is 0 Å². The van der Waals surface area contributed by atoms with E-state index in [1.165, 1.54) is 15.8 Å². The molecular weight excluding hydrogens is 127 g/mol. The monoisotopic (exact) mass is 144 g/mol. The standard InChI is InChI=1S/C3H7O.2C2H5.Al/c1-2-3-4;2*1-2;/h4H,1-3H2;2*1H2,2H3;. The van der Waals surface area contributed by atoms with Crippen LogP contribution >= 0.6 is 0 Å². The van der Waals surface area contributed by atoms with E-state index in [1.54, 1.807) is 0 Å². The molecule has 0 rings (SSSR count). The van der Waals surface area contributed by atoms with Crippen LogP contribution < -0.4 is 0 Å². The highest BCUT2D eigenvalue weighted by Gasteiger charge is 2.09. The number of aliphatic hydroxyl groups excluding tert-OH is 1. The lowest BCUT2D eigenvalue weighted by Gasteiger charge is -2.02. The van der Waals surface area contributed by atoms with E-state index in [1.807, 2.05) is 0 Å². The molecule has 0 aliphatic heterocycles. The van der Waals surface area contributed by atoms with E-state index in [0.717, 1.165) is 6.42 Å². The molecule has 0 aliphatic rings. The van der Waals surface area contributed by atoms with E-state index >= 15 is 0 Å². The number of hydrogen-bond acceptors (Lipinski definition) is 1. The lowest BCUT2D eigenvalue weighted by molar-refractivity contribution is 0.294. The summed E-state index contributed by atoms with van der Waals surface area (Å²) in [6.45, 7) is 4.94. The second-order valence-electron chi connectivity index (χ2n) is 2.55. The van der Waals surface area contributed by atoms with Crippen molar-refractivity contribution >= 4 is 14.1 Å². The maximum atomic E-state index is 8.53. The molecule has 0 heterocycles. The third-order valence-electron chi connectivity index (χ3n) is 1.93. The summed E-state index contributed by atoms with van der Waals surface area (Å²) in [5.74, 6) is 0. The summed E-state index contributed by atoms with van der Waals surface area (Å²) >= 11 is -0.370. The molecule has 0 spiro atoms. The summed E-state index contributed by atoms with van der Waals surface area (Å²) in [5, 5.41) is 12.7. The van der Waals surface area contributed by atoms with Crippen molar-refractivity contribution in [3.05, 3.63) is 0 Å². The van der Waals surface area contributed by atoms with Crippen molar-refractivity contribution in [2.24, 2.45) is 0 Å². The summed E-state index contributed by atoms with van der Waals surface area (Å²) in [6.07, 6.45) is 1.04. The van der Waals surface area contributed by atoms with E-state index in [0.29, 0.717) is 6.61 Å². The Bertz CT molecular complexity index is 52.9. The molecule has 54 valence electrons. The third kappa shape index (κ3) is 4.96. The number of rotatable bonds is 5. The van der Waals surface area contributed by atoms with E-state index in [4.69, 9.17) is 5.11 Å². The second kappa shape index (κ2) is 6.61. The zero-order valence-electron chi connectivity index (χ0n) is 6.56. The van der Waals surface area contributed by atoms with Crippen molar-refractivity contribution < 1.29 is 5.11 Å². The molecule has 0 aromatic heterocycles. The minimum Gasteiger partial charge on any atom is -0.396 e. The van der Waals surface area contributed by atoms with E-state index < -0.39 is 0 Å². The Kier molecular flexibility index (Phi) is 6.97. The van der Waals surface area contributed by atoms with Crippen LogP contribution in [0.4, 0.5) is 0 Å². The van der Waals surface area contributed by atoms with Crippen molar-refractivity contribution in [1.82, 2.24) is 0 Å². The summed E-state index contributed by atoms with van der Waals surface area (Å²) < 4.78 is 0. The Morgan fingerprint density at radius 1 is 1.22 bits per heavy atom. The van der Waals surface area contributed by atoms with E-state index in [9.17, 15) is 0 Å². The Balaban J connectivity index is 3.09. The fourth-order valence-corrected chi connectivity index (χ4v) is 3.23. The normalized spacial score (nSPS) is 9.67. The maximum Gasteiger partial charge on any atom is 0.261 e. The van der Waals surface area contributed by atoms with E-state index in [2.05, 4.69) is 13.8 Å². The van der Waals surface area contributed by atoms with Gasteiger partial charge in [0.2, 0.25) is 0 Å². The fourth-order valence-electron chi connectivity index (χ4n) is 1.08. The van der Waals surface area contributed by atoms with Crippen LogP contribution in [-0.2, 0) is 0 Å². The molecule has 9 heavy (non-hydrogen) atoms. The predicted molar refractivity (Wildman–Crippen MR) is 43.2 cm³/mol. The van der Waals surface area contributed by atoms with Gasteiger partial charge in [0, 0.05) is 6.61 Å². The predicted octanol–water partition coefficient (Wildman–Crippen LogP) is 1.90. The van der Waals surface area contributed by atoms with Crippen molar-refractivity contribution in [3.8, 4) is 0 Å². The van der Waals surface area contributed by atoms with Crippen LogP contribution in [0.1, 0.15) is 20.3 Å². The van der Waals surface area contributed by atoms with Crippen molar-refractivity contribution in [3.63, 3.8) is 0 Å². The van der Waals surface area contributed by atoms with Crippen LogP contribution in [0.15, 0.2) is 0 Å². The van der Waals surface area contributed by atoms with Crippen LogP contribution in [0.5, 0.6) is 0 Å². The minimum absolute atomic E-state index is 0.370. The molecule has 0 aromatic carbocycles. The molecular formula is C7H17AlO. The van der Waals surface area contributed by atoms with Gasteiger partial charge < -0.3 is 5.11 Å². The highest BCUT2D eigenvalue weighted by Crippen LogP contribution is 2.06. The van der Waals surface area contributed by atoms with Gasteiger partial charge in [-0.1, -0.05) is 29.7 Å². The minimum atomic E-state index is -0.370. The van der Waals surface area contributed by atoms with Gasteiger partial charge in [0.1, 0.15) is 0 Å². The first-order valence-corrected chi connectivity index (χ1v) is 6.40.